The van der Waals surface area contributed by atoms with E-state index in [1.54, 1.807) is 6.20 Å². The average molecular weight is 238 g/mol. The third-order valence-electron chi connectivity index (χ3n) is 2.90. The molecular formula is C12H22N4O. The van der Waals surface area contributed by atoms with E-state index >= 15 is 0 Å². The molecule has 1 heterocycles. The minimum Gasteiger partial charge on any atom is -0.338 e. The number of amides is 2. The van der Waals surface area contributed by atoms with Crippen molar-refractivity contribution in [3.8, 4) is 0 Å². The van der Waals surface area contributed by atoms with Crippen molar-refractivity contribution in [3.63, 3.8) is 0 Å². The van der Waals surface area contributed by atoms with Crippen molar-refractivity contribution in [2.45, 2.75) is 39.7 Å². The number of rotatable bonds is 5. The summed E-state index contributed by atoms with van der Waals surface area (Å²) in [7, 11) is 1.90. The van der Waals surface area contributed by atoms with Crippen molar-refractivity contribution in [3.05, 3.63) is 17.5 Å². The molecule has 17 heavy (non-hydrogen) atoms. The third-order valence-corrected chi connectivity index (χ3v) is 2.90. The number of carbonyl (C=O) groups is 1. The van der Waals surface area contributed by atoms with Gasteiger partial charge in [0, 0.05) is 24.8 Å². The first kappa shape index (κ1) is 13.5. The van der Waals surface area contributed by atoms with Gasteiger partial charge in [0.05, 0.1) is 12.2 Å². The second kappa shape index (κ2) is 6.27. The Morgan fingerprint density at radius 1 is 1.59 bits per heavy atom. The number of unbranched alkanes of at least 4 members (excludes halogenated alkanes) is 1. The first-order chi connectivity index (χ1) is 8.06. The molecule has 0 bridgehead atoms. The van der Waals surface area contributed by atoms with Crippen LogP contribution in [0.2, 0.25) is 0 Å². The van der Waals surface area contributed by atoms with Crippen LogP contribution in [-0.4, -0.2) is 22.4 Å². The highest BCUT2D eigenvalue weighted by Gasteiger charge is 2.13. The van der Waals surface area contributed by atoms with E-state index in [9.17, 15) is 4.79 Å². The summed E-state index contributed by atoms with van der Waals surface area (Å²) in [5.74, 6) is 0. The monoisotopic (exact) mass is 238 g/mol. The normalized spacial score (nSPS) is 12.2. The number of hydrogen-bond acceptors (Lipinski definition) is 2. The van der Waals surface area contributed by atoms with E-state index < -0.39 is 0 Å². The van der Waals surface area contributed by atoms with Gasteiger partial charge < -0.3 is 10.6 Å². The average Bonchev–Trinajstić information content (AvgIpc) is 2.60. The second-order valence-corrected chi connectivity index (χ2v) is 4.28. The van der Waals surface area contributed by atoms with Gasteiger partial charge in [0.2, 0.25) is 0 Å². The van der Waals surface area contributed by atoms with Gasteiger partial charge in [-0.05, 0) is 20.3 Å². The Bertz CT molecular complexity index is 373. The molecule has 0 aliphatic heterocycles. The van der Waals surface area contributed by atoms with Gasteiger partial charge in [-0.2, -0.15) is 5.10 Å². The molecule has 0 fully saturated rings. The molecule has 5 heteroatoms. The molecule has 0 saturated heterocycles. The predicted octanol–water partition coefficient (Wildman–Crippen LogP) is 1.89. The zero-order valence-corrected chi connectivity index (χ0v) is 11.1. The van der Waals surface area contributed by atoms with Crippen LogP contribution in [0.1, 0.15) is 44.0 Å². The zero-order valence-electron chi connectivity index (χ0n) is 11.1. The lowest BCUT2D eigenvalue weighted by molar-refractivity contribution is 0.237. The number of aryl methyl sites for hydroxylation is 1. The van der Waals surface area contributed by atoms with E-state index in [2.05, 4.69) is 22.7 Å². The van der Waals surface area contributed by atoms with E-state index in [0.717, 1.165) is 30.6 Å². The maximum atomic E-state index is 11.6. The summed E-state index contributed by atoms with van der Waals surface area (Å²) < 4.78 is 1.81. The Morgan fingerprint density at radius 2 is 2.29 bits per heavy atom. The highest BCUT2D eigenvalue weighted by atomic mass is 16.2. The van der Waals surface area contributed by atoms with E-state index in [1.165, 1.54) is 0 Å². The highest BCUT2D eigenvalue weighted by Crippen LogP contribution is 2.15. The molecule has 0 spiro atoms. The predicted molar refractivity (Wildman–Crippen MR) is 67.8 cm³/mol. The third kappa shape index (κ3) is 3.76. The number of aromatic nitrogens is 2. The summed E-state index contributed by atoms with van der Waals surface area (Å²) in [4.78, 5) is 11.6. The van der Waals surface area contributed by atoms with Crippen LogP contribution in [0.25, 0.3) is 0 Å². The van der Waals surface area contributed by atoms with Crippen LogP contribution in [0.3, 0.4) is 0 Å². The van der Waals surface area contributed by atoms with Crippen LogP contribution >= 0.6 is 0 Å². The smallest absolute Gasteiger partial charge is 0.315 e. The Kier molecular flexibility index (Phi) is 5.00. The first-order valence-corrected chi connectivity index (χ1v) is 6.09. The first-order valence-electron chi connectivity index (χ1n) is 6.09. The van der Waals surface area contributed by atoms with E-state index in [-0.39, 0.29) is 12.1 Å². The molecule has 2 amide bonds. The molecule has 0 radical (unpaired) electrons. The summed E-state index contributed by atoms with van der Waals surface area (Å²) in [6.07, 6.45) is 3.89. The fraction of sp³-hybridized carbons (Fsp3) is 0.667. The Balaban J connectivity index is 2.46. The highest BCUT2D eigenvalue weighted by molar-refractivity contribution is 5.74. The number of hydrogen-bond donors (Lipinski definition) is 2. The van der Waals surface area contributed by atoms with Crippen molar-refractivity contribution in [1.29, 1.82) is 0 Å². The second-order valence-electron chi connectivity index (χ2n) is 4.28. The van der Waals surface area contributed by atoms with Gasteiger partial charge in [-0.1, -0.05) is 13.3 Å². The van der Waals surface area contributed by atoms with Crippen LogP contribution in [0.4, 0.5) is 4.79 Å². The molecule has 5 nitrogen and oxygen atoms in total. The van der Waals surface area contributed by atoms with Gasteiger partial charge in [-0.3, -0.25) is 4.68 Å². The van der Waals surface area contributed by atoms with Gasteiger partial charge >= 0.3 is 6.03 Å². The fourth-order valence-electron chi connectivity index (χ4n) is 1.64. The van der Waals surface area contributed by atoms with Gasteiger partial charge in [0.1, 0.15) is 0 Å². The number of urea groups is 1. The summed E-state index contributed by atoms with van der Waals surface area (Å²) in [6, 6.07) is -0.139. The molecule has 1 aromatic rings. The molecule has 1 aromatic heterocycles. The van der Waals surface area contributed by atoms with Crippen LogP contribution in [0, 0.1) is 6.92 Å². The van der Waals surface area contributed by atoms with E-state index in [0.29, 0.717) is 0 Å². The number of nitrogens with one attached hydrogen (secondary N) is 2. The molecule has 2 N–H and O–H groups in total. The minimum atomic E-state index is -0.116. The quantitative estimate of drug-likeness (QED) is 0.770. The van der Waals surface area contributed by atoms with Gasteiger partial charge in [0.15, 0.2) is 0 Å². The van der Waals surface area contributed by atoms with Gasteiger partial charge in [0.25, 0.3) is 0 Å². The lowest BCUT2D eigenvalue weighted by Gasteiger charge is -2.14. The van der Waals surface area contributed by atoms with Crippen molar-refractivity contribution in [2.75, 3.05) is 6.54 Å². The lowest BCUT2D eigenvalue weighted by atomic mass is 10.1. The topological polar surface area (TPSA) is 59.0 Å². The number of carbonyl (C=O) groups excluding carboxylic acids is 1. The summed E-state index contributed by atoms with van der Waals surface area (Å²) in [6.45, 7) is 6.78. The largest absolute Gasteiger partial charge is 0.338 e. The summed E-state index contributed by atoms with van der Waals surface area (Å²) in [5.41, 5.74) is 2.13. The lowest BCUT2D eigenvalue weighted by Crippen LogP contribution is -2.37. The molecule has 0 saturated carbocycles. The van der Waals surface area contributed by atoms with Crippen LogP contribution in [0.5, 0.6) is 0 Å². The van der Waals surface area contributed by atoms with Crippen molar-refractivity contribution in [2.24, 2.45) is 7.05 Å². The SMILES string of the molecule is CCCCNC(=O)NC(C)c1cnn(C)c1C. The molecule has 1 rings (SSSR count). The molecule has 96 valence electrons. The Morgan fingerprint density at radius 3 is 2.82 bits per heavy atom. The van der Waals surface area contributed by atoms with Crippen molar-refractivity contribution >= 4 is 6.03 Å². The molecular weight excluding hydrogens is 216 g/mol. The summed E-state index contributed by atoms with van der Waals surface area (Å²) >= 11 is 0. The van der Waals surface area contributed by atoms with Gasteiger partial charge in [-0.15, -0.1) is 0 Å². The summed E-state index contributed by atoms with van der Waals surface area (Å²) in [5, 5.41) is 9.90. The van der Waals surface area contributed by atoms with Crippen molar-refractivity contribution < 1.29 is 4.79 Å². The maximum absolute atomic E-state index is 11.6. The molecule has 0 aromatic carbocycles. The Hall–Kier alpha value is -1.52. The molecule has 1 unspecified atom stereocenters. The van der Waals surface area contributed by atoms with Crippen molar-refractivity contribution in [1.82, 2.24) is 20.4 Å². The molecule has 1 atom stereocenters. The fourth-order valence-corrected chi connectivity index (χ4v) is 1.64. The minimum absolute atomic E-state index is 0.0228. The standard InChI is InChI=1S/C12H22N4O/c1-5-6-7-13-12(17)15-9(2)11-8-14-16(4)10(11)3/h8-9H,5-7H2,1-4H3,(H2,13,15,17). The van der Waals surface area contributed by atoms with Crippen LogP contribution < -0.4 is 10.6 Å². The Labute approximate surface area is 103 Å². The van der Waals surface area contributed by atoms with Crippen LogP contribution in [-0.2, 0) is 7.05 Å². The van der Waals surface area contributed by atoms with E-state index in [4.69, 9.17) is 0 Å². The zero-order chi connectivity index (χ0) is 12.8. The van der Waals surface area contributed by atoms with Crippen LogP contribution in [0.15, 0.2) is 6.20 Å². The molecule has 0 aliphatic rings. The van der Waals surface area contributed by atoms with Gasteiger partial charge in [-0.25, -0.2) is 4.79 Å². The number of nitrogens with zero attached hydrogens (tertiary/aromatic N) is 2. The van der Waals surface area contributed by atoms with E-state index in [1.807, 2.05) is 25.6 Å². The molecule has 0 aliphatic carbocycles. The maximum Gasteiger partial charge on any atom is 0.315 e.